The predicted octanol–water partition coefficient (Wildman–Crippen LogP) is 4.71. The number of carboxylic acid groups (broad SMARTS) is 1. The average Bonchev–Trinajstić information content (AvgIpc) is 3.46. The Morgan fingerprint density at radius 1 is 0.907 bits per heavy atom. The van der Waals surface area contributed by atoms with Gasteiger partial charge in [0.25, 0.3) is 0 Å². The Kier molecular flexibility index (Phi) is 8.91. The molecule has 2 N–H and O–H groups in total. The number of fused-ring (bicyclic) bond motifs is 2. The molecule has 4 fully saturated rings. The van der Waals surface area contributed by atoms with Crippen molar-refractivity contribution in [1.29, 1.82) is 0 Å². The van der Waals surface area contributed by atoms with Gasteiger partial charge in [-0.1, -0.05) is 79.9 Å². The van der Waals surface area contributed by atoms with Crippen LogP contribution in [0.2, 0.25) is 0 Å². The third kappa shape index (κ3) is 6.18. The maximum Gasteiger partial charge on any atom is 0.490 e. The molecule has 11 heteroatoms. The molecule has 0 bridgehead atoms. The molecule has 0 aromatic heterocycles. The number of rotatable bonds is 5. The highest BCUT2D eigenvalue weighted by molar-refractivity contribution is 6.10. The molecular formula is C32H36F3N3O5. The largest absolute Gasteiger partial charge is 0.490 e. The van der Waals surface area contributed by atoms with E-state index in [9.17, 15) is 27.6 Å². The zero-order chi connectivity index (χ0) is 30.8. The second-order valence-electron chi connectivity index (χ2n) is 11.9. The van der Waals surface area contributed by atoms with Crippen LogP contribution in [0.3, 0.4) is 0 Å². The summed E-state index contributed by atoms with van der Waals surface area (Å²) in [7, 11) is 0. The quantitative estimate of drug-likeness (QED) is 0.483. The van der Waals surface area contributed by atoms with Crippen molar-refractivity contribution >= 4 is 23.7 Å². The molecule has 3 aliphatic heterocycles. The first-order chi connectivity index (χ1) is 20.5. The Hall–Kier alpha value is -3.73. The molecule has 0 radical (unpaired) electrons. The smallest absolute Gasteiger partial charge is 0.475 e. The van der Waals surface area contributed by atoms with Crippen LogP contribution in [0, 0.1) is 17.8 Å². The van der Waals surface area contributed by atoms with E-state index in [1.165, 1.54) is 37.0 Å². The monoisotopic (exact) mass is 599 g/mol. The molecule has 1 saturated carbocycles. The number of nitrogens with one attached hydrogen (secondary N) is 1. The Balaban J connectivity index is 0.000000472. The summed E-state index contributed by atoms with van der Waals surface area (Å²) in [6.07, 6.45) is 2.45. The fourth-order valence-corrected chi connectivity index (χ4v) is 7.25. The number of hydrogen-bond acceptors (Lipinski definition) is 5. The standard InChI is InChI=1S/C30H35N3O3.C2HF3O2/c34-27-24-25(28(35)33(27)20-22-13-6-2-7-14-22)30(31-26(24)23-15-8-3-9-16-23)17-10-18-32(29(30)36)19-21-11-4-1-5-12-21;3-2(4,5)1(6)7/h2-3,6-9,13-16,21,24-26,31H,1,4-5,10-12,17-20H2;(H,6,7)/t24-,25-,26-,30-;/m1./s1. The Morgan fingerprint density at radius 2 is 1.51 bits per heavy atom. The second kappa shape index (κ2) is 12.5. The minimum absolute atomic E-state index is 0.0236. The molecule has 2 aromatic rings. The molecule has 8 nitrogen and oxygen atoms in total. The van der Waals surface area contributed by atoms with Crippen LogP contribution >= 0.6 is 0 Å². The van der Waals surface area contributed by atoms with Crippen molar-refractivity contribution in [1.82, 2.24) is 15.1 Å². The SMILES string of the molecule is O=C(O)C(F)(F)F.O=C1[C@H]2[C@@H](c3ccccc3)N[C@]3(CCCN(CC4CCCCC4)C3=O)[C@H]2C(=O)N1Cc1ccccc1. The minimum Gasteiger partial charge on any atom is -0.475 e. The molecule has 230 valence electrons. The molecular weight excluding hydrogens is 563 g/mol. The average molecular weight is 600 g/mol. The highest BCUT2D eigenvalue weighted by Crippen LogP contribution is 2.52. The minimum atomic E-state index is -5.08. The number of benzene rings is 2. The number of halogens is 3. The van der Waals surface area contributed by atoms with Gasteiger partial charge in [-0.05, 0) is 42.7 Å². The van der Waals surface area contributed by atoms with E-state index in [0.29, 0.717) is 12.3 Å². The first-order valence-corrected chi connectivity index (χ1v) is 14.8. The number of hydrogen-bond donors (Lipinski definition) is 2. The maximum absolute atomic E-state index is 14.2. The van der Waals surface area contributed by atoms with Crippen LogP contribution in [-0.4, -0.2) is 63.4 Å². The molecule has 3 heterocycles. The summed E-state index contributed by atoms with van der Waals surface area (Å²) in [5, 5.41) is 10.8. The Labute approximate surface area is 248 Å². The normalized spacial score (nSPS) is 27.7. The van der Waals surface area contributed by atoms with Crippen molar-refractivity contribution in [2.45, 2.75) is 69.2 Å². The molecule has 1 spiro atoms. The summed E-state index contributed by atoms with van der Waals surface area (Å²) in [6.45, 7) is 1.76. The molecule has 3 saturated heterocycles. The first kappa shape index (κ1) is 30.7. The third-order valence-corrected chi connectivity index (χ3v) is 9.20. The summed E-state index contributed by atoms with van der Waals surface area (Å²) in [4.78, 5) is 54.4. The third-order valence-electron chi connectivity index (χ3n) is 9.20. The summed E-state index contributed by atoms with van der Waals surface area (Å²) in [5.74, 6) is -3.79. The number of alkyl halides is 3. The molecule has 2 aromatic carbocycles. The summed E-state index contributed by atoms with van der Waals surface area (Å²) in [6, 6.07) is 19.2. The van der Waals surface area contributed by atoms with Crippen molar-refractivity contribution in [2.75, 3.05) is 13.1 Å². The number of imide groups is 1. The number of piperidine rings is 1. The van der Waals surface area contributed by atoms with Crippen LogP contribution in [0.1, 0.15) is 62.1 Å². The lowest BCUT2D eigenvalue weighted by molar-refractivity contribution is -0.192. The van der Waals surface area contributed by atoms with Crippen LogP contribution in [0.25, 0.3) is 0 Å². The van der Waals surface area contributed by atoms with Crippen molar-refractivity contribution in [3.8, 4) is 0 Å². The lowest BCUT2D eigenvalue weighted by atomic mass is 9.74. The molecule has 4 aliphatic rings. The van der Waals surface area contributed by atoms with Gasteiger partial charge in [0.2, 0.25) is 17.7 Å². The van der Waals surface area contributed by atoms with E-state index in [-0.39, 0.29) is 30.3 Å². The van der Waals surface area contributed by atoms with Crippen molar-refractivity contribution in [3.05, 3.63) is 71.8 Å². The van der Waals surface area contributed by atoms with Crippen LogP contribution in [0.15, 0.2) is 60.7 Å². The van der Waals surface area contributed by atoms with E-state index in [2.05, 4.69) is 5.32 Å². The number of carbonyl (C=O) groups excluding carboxylic acids is 3. The Morgan fingerprint density at radius 3 is 2.12 bits per heavy atom. The molecule has 3 amide bonds. The number of carbonyl (C=O) groups is 4. The van der Waals surface area contributed by atoms with Gasteiger partial charge in [-0.25, -0.2) is 4.79 Å². The molecule has 4 atom stereocenters. The summed E-state index contributed by atoms with van der Waals surface area (Å²) in [5.41, 5.74) is 0.867. The number of aliphatic carboxylic acids is 1. The van der Waals surface area contributed by atoms with Gasteiger partial charge in [0, 0.05) is 19.1 Å². The highest BCUT2D eigenvalue weighted by atomic mass is 19.4. The maximum atomic E-state index is 14.2. The molecule has 6 rings (SSSR count). The lowest BCUT2D eigenvalue weighted by Crippen LogP contribution is -2.64. The second-order valence-corrected chi connectivity index (χ2v) is 11.9. The van der Waals surface area contributed by atoms with Crippen LogP contribution in [-0.2, 0) is 25.7 Å². The van der Waals surface area contributed by atoms with E-state index < -0.39 is 29.5 Å². The van der Waals surface area contributed by atoms with E-state index >= 15 is 0 Å². The molecule has 0 unspecified atom stereocenters. The highest BCUT2D eigenvalue weighted by Gasteiger charge is 2.69. The van der Waals surface area contributed by atoms with Gasteiger partial charge in [0.05, 0.1) is 18.4 Å². The van der Waals surface area contributed by atoms with Gasteiger partial charge >= 0.3 is 12.1 Å². The number of amides is 3. The van der Waals surface area contributed by atoms with E-state index in [4.69, 9.17) is 9.90 Å². The van der Waals surface area contributed by atoms with Gasteiger partial charge in [0.15, 0.2) is 0 Å². The van der Waals surface area contributed by atoms with E-state index in [1.807, 2.05) is 65.6 Å². The predicted molar refractivity (Wildman–Crippen MR) is 150 cm³/mol. The van der Waals surface area contributed by atoms with Gasteiger partial charge < -0.3 is 10.0 Å². The van der Waals surface area contributed by atoms with Crippen LogP contribution in [0.4, 0.5) is 13.2 Å². The zero-order valence-corrected chi connectivity index (χ0v) is 23.8. The summed E-state index contributed by atoms with van der Waals surface area (Å²) < 4.78 is 31.7. The number of carboxylic acids is 1. The topological polar surface area (TPSA) is 107 Å². The molecule has 43 heavy (non-hydrogen) atoms. The Bertz CT molecular complexity index is 1330. The fraction of sp³-hybridized carbons (Fsp3) is 0.500. The van der Waals surface area contributed by atoms with Crippen molar-refractivity contribution in [2.24, 2.45) is 17.8 Å². The van der Waals surface area contributed by atoms with Gasteiger partial charge in [-0.2, -0.15) is 13.2 Å². The van der Waals surface area contributed by atoms with Gasteiger partial charge in [-0.15, -0.1) is 0 Å². The van der Waals surface area contributed by atoms with Gasteiger partial charge in [-0.3, -0.25) is 24.6 Å². The fourth-order valence-electron chi connectivity index (χ4n) is 7.25. The van der Waals surface area contributed by atoms with Crippen molar-refractivity contribution in [3.63, 3.8) is 0 Å². The van der Waals surface area contributed by atoms with Crippen LogP contribution < -0.4 is 5.32 Å². The lowest BCUT2D eigenvalue weighted by Gasteiger charge is -2.43. The molecule has 1 aliphatic carbocycles. The van der Waals surface area contributed by atoms with Crippen LogP contribution in [0.5, 0.6) is 0 Å². The summed E-state index contributed by atoms with van der Waals surface area (Å²) >= 11 is 0. The zero-order valence-electron chi connectivity index (χ0n) is 23.8. The van der Waals surface area contributed by atoms with Crippen molar-refractivity contribution < 1.29 is 37.5 Å². The van der Waals surface area contributed by atoms with E-state index in [1.54, 1.807) is 0 Å². The van der Waals surface area contributed by atoms with E-state index in [0.717, 1.165) is 30.6 Å². The first-order valence-electron chi connectivity index (χ1n) is 14.8. The van der Waals surface area contributed by atoms with Gasteiger partial charge in [0.1, 0.15) is 5.54 Å². The number of likely N-dealkylation sites (tertiary alicyclic amines) is 2. The number of nitrogens with zero attached hydrogens (tertiary/aromatic N) is 2.